The van der Waals surface area contributed by atoms with Crippen LogP contribution in [0.25, 0.3) is 0 Å². The van der Waals surface area contributed by atoms with Gasteiger partial charge in [-0.1, -0.05) is 30.7 Å². The molecule has 2 aromatic rings. The lowest BCUT2D eigenvalue weighted by molar-refractivity contribution is 0.594. The third-order valence-corrected chi connectivity index (χ3v) is 3.60. The molecule has 2 rings (SSSR count). The van der Waals surface area contributed by atoms with Crippen LogP contribution in [0.15, 0.2) is 24.3 Å². The van der Waals surface area contributed by atoms with Gasteiger partial charge in [0.05, 0.1) is 17.4 Å². The van der Waals surface area contributed by atoms with E-state index in [4.69, 9.17) is 5.73 Å². The Morgan fingerprint density at radius 1 is 1.21 bits per heavy atom. The van der Waals surface area contributed by atoms with Gasteiger partial charge in [-0.2, -0.15) is 5.10 Å². The van der Waals surface area contributed by atoms with Gasteiger partial charge in [0, 0.05) is 6.54 Å². The second-order valence-electron chi connectivity index (χ2n) is 5.07. The van der Waals surface area contributed by atoms with Crippen LogP contribution in [-0.2, 0) is 13.0 Å². The number of aromatic nitrogens is 2. The number of rotatable bonds is 4. The zero-order valence-corrected chi connectivity index (χ0v) is 12.3. The largest absolute Gasteiger partial charge is 0.319 e. The molecule has 3 nitrogen and oxygen atoms in total. The molecule has 19 heavy (non-hydrogen) atoms. The monoisotopic (exact) mass is 257 g/mol. The van der Waals surface area contributed by atoms with Crippen molar-refractivity contribution in [2.24, 2.45) is 5.73 Å². The Morgan fingerprint density at radius 2 is 1.95 bits per heavy atom. The van der Waals surface area contributed by atoms with Crippen LogP contribution in [-0.4, -0.2) is 9.78 Å². The fourth-order valence-corrected chi connectivity index (χ4v) is 2.50. The standard InChI is InChI=1S/C16H23N3/c1-5-13-10-15(19(6-2)18-13)16(17)14-8-7-11(3)9-12(14)4/h7-10,16H,5-6,17H2,1-4H3. The summed E-state index contributed by atoms with van der Waals surface area (Å²) in [4.78, 5) is 0. The molecule has 3 heteroatoms. The average molecular weight is 257 g/mol. The maximum Gasteiger partial charge on any atom is 0.0725 e. The van der Waals surface area contributed by atoms with Crippen LogP contribution in [0.3, 0.4) is 0 Å². The molecule has 0 spiro atoms. The molecule has 1 heterocycles. The summed E-state index contributed by atoms with van der Waals surface area (Å²) in [5.41, 5.74) is 12.4. The molecule has 0 aliphatic heterocycles. The Hall–Kier alpha value is -1.61. The fourth-order valence-electron chi connectivity index (χ4n) is 2.50. The SMILES string of the molecule is CCc1cc(C(N)c2ccc(C)cc2C)n(CC)n1. The molecule has 0 bridgehead atoms. The molecule has 2 N–H and O–H groups in total. The van der Waals surface area contributed by atoms with Crippen molar-refractivity contribution in [1.82, 2.24) is 9.78 Å². The third-order valence-electron chi connectivity index (χ3n) is 3.60. The van der Waals surface area contributed by atoms with Gasteiger partial charge in [-0.25, -0.2) is 0 Å². The van der Waals surface area contributed by atoms with Gasteiger partial charge in [-0.3, -0.25) is 4.68 Å². The molecule has 1 aromatic heterocycles. The van der Waals surface area contributed by atoms with Gasteiger partial charge >= 0.3 is 0 Å². The lowest BCUT2D eigenvalue weighted by Crippen LogP contribution is -2.18. The molecule has 0 aliphatic carbocycles. The summed E-state index contributed by atoms with van der Waals surface area (Å²) in [5, 5.41) is 4.58. The van der Waals surface area contributed by atoms with E-state index in [1.165, 1.54) is 16.7 Å². The first-order chi connectivity index (χ1) is 9.06. The van der Waals surface area contributed by atoms with Gasteiger partial charge in [0.2, 0.25) is 0 Å². The molecule has 0 aliphatic rings. The molecule has 0 radical (unpaired) electrons. The van der Waals surface area contributed by atoms with E-state index >= 15 is 0 Å². The highest BCUT2D eigenvalue weighted by atomic mass is 15.3. The quantitative estimate of drug-likeness (QED) is 0.914. The van der Waals surface area contributed by atoms with Crippen molar-refractivity contribution in [3.05, 3.63) is 52.3 Å². The Kier molecular flexibility index (Phi) is 4.05. The lowest BCUT2D eigenvalue weighted by atomic mass is 9.97. The maximum absolute atomic E-state index is 6.45. The first kappa shape index (κ1) is 13.8. The number of nitrogens with two attached hydrogens (primary N) is 1. The number of hydrogen-bond acceptors (Lipinski definition) is 2. The highest BCUT2D eigenvalue weighted by molar-refractivity contribution is 5.37. The van der Waals surface area contributed by atoms with Gasteiger partial charge in [-0.15, -0.1) is 0 Å². The van der Waals surface area contributed by atoms with E-state index in [0.29, 0.717) is 0 Å². The second-order valence-corrected chi connectivity index (χ2v) is 5.07. The van der Waals surface area contributed by atoms with Crippen molar-refractivity contribution in [3.63, 3.8) is 0 Å². The van der Waals surface area contributed by atoms with E-state index in [9.17, 15) is 0 Å². The minimum atomic E-state index is -0.103. The van der Waals surface area contributed by atoms with E-state index in [1.807, 2.05) is 4.68 Å². The fraction of sp³-hybridized carbons (Fsp3) is 0.438. The number of benzene rings is 1. The normalized spacial score (nSPS) is 12.7. The molecule has 0 amide bonds. The van der Waals surface area contributed by atoms with Crippen LogP contribution in [0.5, 0.6) is 0 Å². The van der Waals surface area contributed by atoms with Gasteiger partial charge < -0.3 is 5.73 Å². The molecule has 1 unspecified atom stereocenters. The van der Waals surface area contributed by atoms with E-state index in [-0.39, 0.29) is 6.04 Å². The molecule has 0 saturated carbocycles. The predicted octanol–water partition coefficient (Wildman–Crippen LogP) is 3.13. The minimum Gasteiger partial charge on any atom is -0.319 e. The topological polar surface area (TPSA) is 43.8 Å². The maximum atomic E-state index is 6.45. The highest BCUT2D eigenvalue weighted by Crippen LogP contribution is 2.24. The zero-order chi connectivity index (χ0) is 14.0. The highest BCUT2D eigenvalue weighted by Gasteiger charge is 2.17. The van der Waals surface area contributed by atoms with E-state index in [0.717, 1.165) is 24.4 Å². The minimum absolute atomic E-state index is 0.103. The first-order valence-corrected chi connectivity index (χ1v) is 6.96. The molecule has 1 atom stereocenters. The van der Waals surface area contributed by atoms with E-state index < -0.39 is 0 Å². The van der Waals surface area contributed by atoms with Crippen LogP contribution >= 0.6 is 0 Å². The Bertz CT molecular complexity index is 569. The van der Waals surface area contributed by atoms with Crippen LogP contribution in [0, 0.1) is 13.8 Å². The summed E-state index contributed by atoms with van der Waals surface area (Å²) in [5.74, 6) is 0. The van der Waals surface area contributed by atoms with Crippen molar-refractivity contribution in [1.29, 1.82) is 0 Å². The first-order valence-electron chi connectivity index (χ1n) is 6.96. The van der Waals surface area contributed by atoms with Crippen molar-refractivity contribution >= 4 is 0 Å². The number of nitrogens with zero attached hydrogens (tertiary/aromatic N) is 2. The predicted molar refractivity (Wildman–Crippen MR) is 79.2 cm³/mol. The van der Waals surface area contributed by atoms with Gasteiger partial charge in [-0.05, 0) is 44.4 Å². The number of aryl methyl sites for hydroxylation is 4. The summed E-state index contributed by atoms with van der Waals surface area (Å²) in [6.45, 7) is 9.30. The van der Waals surface area contributed by atoms with Crippen molar-refractivity contribution < 1.29 is 0 Å². The van der Waals surface area contributed by atoms with Crippen LogP contribution in [0.4, 0.5) is 0 Å². The van der Waals surface area contributed by atoms with Crippen molar-refractivity contribution in [2.75, 3.05) is 0 Å². The average Bonchev–Trinajstić information content (AvgIpc) is 2.81. The third kappa shape index (κ3) is 2.71. The van der Waals surface area contributed by atoms with E-state index in [2.05, 4.69) is 57.1 Å². The molecule has 102 valence electrons. The summed E-state index contributed by atoms with van der Waals surface area (Å²) in [6.07, 6.45) is 0.944. The molecule has 0 saturated heterocycles. The summed E-state index contributed by atoms with van der Waals surface area (Å²) < 4.78 is 2.02. The lowest BCUT2D eigenvalue weighted by Gasteiger charge is -2.16. The van der Waals surface area contributed by atoms with Crippen molar-refractivity contribution in [2.45, 2.75) is 46.7 Å². The Balaban J connectivity index is 2.42. The van der Waals surface area contributed by atoms with Crippen molar-refractivity contribution in [3.8, 4) is 0 Å². The van der Waals surface area contributed by atoms with Crippen LogP contribution in [0.1, 0.15) is 48.0 Å². The second kappa shape index (κ2) is 5.57. The summed E-state index contributed by atoms with van der Waals surface area (Å²) in [7, 11) is 0. The Labute approximate surface area is 115 Å². The van der Waals surface area contributed by atoms with Gasteiger partial charge in [0.1, 0.15) is 0 Å². The van der Waals surface area contributed by atoms with Crippen LogP contribution < -0.4 is 5.73 Å². The summed E-state index contributed by atoms with van der Waals surface area (Å²) in [6, 6.07) is 8.47. The number of hydrogen-bond donors (Lipinski definition) is 1. The molecule has 0 fully saturated rings. The van der Waals surface area contributed by atoms with Gasteiger partial charge in [0.25, 0.3) is 0 Å². The van der Waals surface area contributed by atoms with Gasteiger partial charge in [0.15, 0.2) is 0 Å². The molecular weight excluding hydrogens is 234 g/mol. The Morgan fingerprint density at radius 3 is 2.53 bits per heavy atom. The molecule has 1 aromatic carbocycles. The smallest absolute Gasteiger partial charge is 0.0725 e. The zero-order valence-electron chi connectivity index (χ0n) is 12.3. The van der Waals surface area contributed by atoms with E-state index in [1.54, 1.807) is 0 Å². The van der Waals surface area contributed by atoms with Crippen LogP contribution in [0.2, 0.25) is 0 Å². The molecular formula is C16H23N3. The summed E-state index contributed by atoms with van der Waals surface area (Å²) >= 11 is 0.